The Balaban J connectivity index is 2.07. The van der Waals surface area contributed by atoms with Gasteiger partial charge in [-0.15, -0.1) is 0 Å². The molecule has 0 spiro atoms. The monoisotopic (exact) mass is 283 g/mol. The van der Waals surface area contributed by atoms with E-state index in [0.717, 1.165) is 25.8 Å². The van der Waals surface area contributed by atoms with Gasteiger partial charge in [-0.25, -0.2) is 0 Å². The normalized spacial score (nSPS) is 29.6. The molecule has 4 unspecified atom stereocenters. The van der Waals surface area contributed by atoms with Crippen molar-refractivity contribution in [2.24, 2.45) is 5.73 Å². The lowest BCUT2D eigenvalue weighted by molar-refractivity contribution is -0.146. The minimum atomic E-state index is -0.945. The first-order valence-corrected chi connectivity index (χ1v) is 7.48. The van der Waals surface area contributed by atoms with E-state index in [1.807, 2.05) is 11.8 Å². The van der Waals surface area contributed by atoms with E-state index >= 15 is 0 Å². The average Bonchev–Trinajstić information content (AvgIpc) is 3.04. The van der Waals surface area contributed by atoms with Crippen LogP contribution in [0.2, 0.25) is 0 Å². The molecule has 0 aromatic heterocycles. The molecule has 2 heterocycles. The van der Waals surface area contributed by atoms with Gasteiger partial charge in [-0.1, -0.05) is 0 Å². The molecule has 0 aromatic rings. The third-order valence-electron chi connectivity index (χ3n) is 4.46. The van der Waals surface area contributed by atoms with Gasteiger partial charge in [0.1, 0.15) is 12.1 Å². The summed E-state index contributed by atoms with van der Waals surface area (Å²) in [6, 6.07) is -1.09. The molecule has 0 bridgehead atoms. The molecule has 3 N–H and O–H groups in total. The first-order chi connectivity index (χ1) is 9.43. The molecule has 20 heavy (non-hydrogen) atoms. The molecule has 2 aliphatic rings. The van der Waals surface area contributed by atoms with Crippen molar-refractivity contribution >= 4 is 11.8 Å². The highest BCUT2D eigenvalue weighted by Crippen LogP contribution is 2.25. The molecule has 2 rings (SSSR count). The zero-order valence-corrected chi connectivity index (χ0v) is 12.3. The molecule has 0 radical (unpaired) electrons. The number of aliphatic hydroxyl groups is 1. The second-order valence-corrected chi connectivity index (χ2v) is 5.98. The zero-order chi connectivity index (χ0) is 14.9. The summed E-state index contributed by atoms with van der Waals surface area (Å²) in [4.78, 5) is 28.3. The van der Waals surface area contributed by atoms with Crippen molar-refractivity contribution in [1.29, 1.82) is 0 Å². The SMILES string of the molecule is CC(O)C(N)C(=O)N1CCCC1C(=O)N1CCCC1C. The Labute approximate surface area is 119 Å². The van der Waals surface area contributed by atoms with Crippen LogP contribution in [0.1, 0.15) is 39.5 Å². The number of carbonyl (C=O) groups is 2. The summed E-state index contributed by atoms with van der Waals surface area (Å²) in [7, 11) is 0. The number of aliphatic hydroxyl groups excluding tert-OH is 1. The number of nitrogens with two attached hydrogens (primary N) is 1. The van der Waals surface area contributed by atoms with Crippen LogP contribution in [-0.4, -0.2) is 64.0 Å². The molecule has 6 heteroatoms. The van der Waals surface area contributed by atoms with Crippen LogP contribution >= 0.6 is 0 Å². The lowest BCUT2D eigenvalue weighted by Gasteiger charge is -2.32. The maximum Gasteiger partial charge on any atom is 0.245 e. The quantitative estimate of drug-likeness (QED) is 0.744. The summed E-state index contributed by atoms with van der Waals surface area (Å²) in [5.41, 5.74) is 5.72. The van der Waals surface area contributed by atoms with Crippen molar-refractivity contribution < 1.29 is 14.7 Å². The molecule has 2 amide bonds. The number of amides is 2. The second kappa shape index (κ2) is 6.10. The summed E-state index contributed by atoms with van der Waals surface area (Å²) in [6.07, 6.45) is 2.67. The van der Waals surface area contributed by atoms with Gasteiger partial charge in [0.15, 0.2) is 0 Å². The molecule has 2 aliphatic heterocycles. The number of nitrogens with zero attached hydrogens (tertiary/aromatic N) is 2. The van der Waals surface area contributed by atoms with Gasteiger partial charge in [-0.05, 0) is 39.5 Å². The number of likely N-dealkylation sites (tertiary alicyclic amines) is 2. The molecule has 2 fully saturated rings. The van der Waals surface area contributed by atoms with Crippen molar-refractivity contribution in [3.8, 4) is 0 Å². The van der Waals surface area contributed by atoms with Crippen LogP contribution in [0, 0.1) is 0 Å². The average molecular weight is 283 g/mol. The molecule has 0 saturated carbocycles. The fourth-order valence-corrected chi connectivity index (χ4v) is 3.14. The van der Waals surface area contributed by atoms with Crippen LogP contribution in [0.5, 0.6) is 0 Å². The maximum atomic E-state index is 12.6. The van der Waals surface area contributed by atoms with Gasteiger partial charge in [0.05, 0.1) is 6.10 Å². The highest BCUT2D eigenvalue weighted by atomic mass is 16.3. The summed E-state index contributed by atoms with van der Waals surface area (Å²) in [5, 5.41) is 9.46. The van der Waals surface area contributed by atoms with Crippen molar-refractivity contribution in [3.63, 3.8) is 0 Å². The fraction of sp³-hybridized carbons (Fsp3) is 0.857. The van der Waals surface area contributed by atoms with Crippen molar-refractivity contribution in [2.75, 3.05) is 13.1 Å². The Morgan fingerprint density at radius 2 is 1.80 bits per heavy atom. The number of carbonyl (C=O) groups excluding carboxylic acids is 2. The van der Waals surface area contributed by atoms with Crippen LogP contribution in [0.15, 0.2) is 0 Å². The van der Waals surface area contributed by atoms with E-state index in [9.17, 15) is 14.7 Å². The zero-order valence-electron chi connectivity index (χ0n) is 12.3. The van der Waals surface area contributed by atoms with Crippen LogP contribution in [0.4, 0.5) is 0 Å². The third kappa shape index (κ3) is 2.81. The van der Waals surface area contributed by atoms with E-state index in [-0.39, 0.29) is 17.9 Å². The Bertz CT molecular complexity index is 386. The van der Waals surface area contributed by atoms with Gasteiger partial charge in [-0.3, -0.25) is 9.59 Å². The van der Waals surface area contributed by atoms with E-state index in [2.05, 4.69) is 0 Å². The van der Waals surface area contributed by atoms with Crippen LogP contribution in [0.3, 0.4) is 0 Å². The Hall–Kier alpha value is -1.14. The van der Waals surface area contributed by atoms with E-state index in [4.69, 9.17) is 5.73 Å². The van der Waals surface area contributed by atoms with Gasteiger partial charge >= 0.3 is 0 Å². The Kier molecular flexibility index (Phi) is 4.65. The van der Waals surface area contributed by atoms with Crippen molar-refractivity contribution in [2.45, 2.75) is 63.8 Å². The maximum absolute atomic E-state index is 12.6. The minimum absolute atomic E-state index is 0.0404. The lowest BCUT2D eigenvalue weighted by atomic mass is 10.1. The van der Waals surface area contributed by atoms with Gasteiger partial charge < -0.3 is 20.6 Å². The largest absolute Gasteiger partial charge is 0.391 e. The summed E-state index contributed by atoms with van der Waals surface area (Å²) >= 11 is 0. The van der Waals surface area contributed by atoms with E-state index in [0.29, 0.717) is 13.0 Å². The minimum Gasteiger partial charge on any atom is -0.391 e. The summed E-state index contributed by atoms with van der Waals surface area (Å²) in [5.74, 6) is -0.277. The summed E-state index contributed by atoms with van der Waals surface area (Å²) in [6.45, 7) is 4.88. The predicted molar refractivity (Wildman–Crippen MR) is 74.8 cm³/mol. The van der Waals surface area contributed by atoms with Crippen LogP contribution in [0.25, 0.3) is 0 Å². The molecule has 114 valence electrons. The molecular formula is C14H25N3O3. The lowest BCUT2D eigenvalue weighted by Crippen LogP contribution is -2.55. The van der Waals surface area contributed by atoms with E-state index in [1.165, 1.54) is 6.92 Å². The standard InChI is InChI=1S/C14H25N3O3/c1-9-5-3-7-16(9)13(19)11-6-4-8-17(11)14(20)12(15)10(2)18/h9-12,18H,3-8,15H2,1-2H3. The first kappa shape index (κ1) is 15.3. The van der Waals surface area contributed by atoms with Gasteiger partial charge in [0.2, 0.25) is 11.8 Å². The summed E-state index contributed by atoms with van der Waals surface area (Å²) < 4.78 is 0. The van der Waals surface area contributed by atoms with Crippen molar-refractivity contribution in [1.82, 2.24) is 9.80 Å². The molecule has 4 atom stereocenters. The van der Waals surface area contributed by atoms with Crippen LogP contribution < -0.4 is 5.73 Å². The first-order valence-electron chi connectivity index (χ1n) is 7.48. The topological polar surface area (TPSA) is 86.9 Å². The molecular weight excluding hydrogens is 258 g/mol. The second-order valence-electron chi connectivity index (χ2n) is 5.98. The third-order valence-corrected chi connectivity index (χ3v) is 4.46. The van der Waals surface area contributed by atoms with Gasteiger partial charge in [0, 0.05) is 19.1 Å². The fourth-order valence-electron chi connectivity index (χ4n) is 3.14. The Morgan fingerprint density at radius 1 is 1.20 bits per heavy atom. The molecule has 6 nitrogen and oxygen atoms in total. The molecule has 2 saturated heterocycles. The van der Waals surface area contributed by atoms with Gasteiger partial charge in [-0.2, -0.15) is 0 Å². The molecule has 0 aliphatic carbocycles. The highest BCUT2D eigenvalue weighted by Gasteiger charge is 2.40. The van der Waals surface area contributed by atoms with Crippen molar-refractivity contribution in [3.05, 3.63) is 0 Å². The smallest absolute Gasteiger partial charge is 0.245 e. The van der Waals surface area contributed by atoms with Gasteiger partial charge in [0.25, 0.3) is 0 Å². The van der Waals surface area contributed by atoms with Crippen LogP contribution in [-0.2, 0) is 9.59 Å². The van der Waals surface area contributed by atoms with E-state index in [1.54, 1.807) is 4.90 Å². The molecule has 0 aromatic carbocycles. The van der Waals surface area contributed by atoms with E-state index < -0.39 is 18.2 Å². The highest BCUT2D eigenvalue weighted by molar-refractivity contribution is 5.90. The number of hydrogen-bond donors (Lipinski definition) is 2. The Morgan fingerprint density at radius 3 is 2.35 bits per heavy atom. The number of rotatable bonds is 3. The predicted octanol–water partition coefficient (Wildman–Crippen LogP) is -0.304. The number of hydrogen-bond acceptors (Lipinski definition) is 4.